The van der Waals surface area contributed by atoms with Crippen LogP contribution in [0.5, 0.6) is 0 Å². The molecule has 0 aliphatic heterocycles. The highest BCUT2D eigenvalue weighted by atomic mass is 16.5. The highest BCUT2D eigenvalue weighted by Gasteiger charge is 1.98. The summed E-state index contributed by atoms with van der Waals surface area (Å²) >= 11 is 0. The molecular formula is C10H21NO. The fourth-order valence-corrected chi connectivity index (χ4v) is 1.02. The van der Waals surface area contributed by atoms with Crippen LogP contribution in [0.25, 0.3) is 0 Å². The monoisotopic (exact) mass is 171 g/mol. The minimum absolute atomic E-state index is 0.610. The Morgan fingerprint density at radius 2 is 2.33 bits per heavy atom. The topological polar surface area (TPSA) is 21.3 Å². The maximum atomic E-state index is 5.46. The Morgan fingerprint density at radius 1 is 1.58 bits per heavy atom. The quantitative estimate of drug-likeness (QED) is 0.444. The summed E-state index contributed by atoms with van der Waals surface area (Å²) in [6, 6.07) is 0. The first kappa shape index (κ1) is 11.7. The number of hydrogen-bond donors (Lipinski definition) is 1. The molecule has 0 aromatic carbocycles. The summed E-state index contributed by atoms with van der Waals surface area (Å²) in [6.45, 7) is 8.59. The van der Waals surface area contributed by atoms with Crippen LogP contribution in [0.15, 0.2) is 12.7 Å². The largest absolute Gasteiger partial charge is 0.381 e. The first-order chi connectivity index (χ1) is 5.81. The average molecular weight is 171 g/mol. The predicted octanol–water partition coefficient (Wildman–Crippen LogP) is 1.82. The predicted molar refractivity (Wildman–Crippen MR) is 53.3 cm³/mol. The van der Waals surface area contributed by atoms with Gasteiger partial charge in [-0.05, 0) is 32.4 Å². The number of allylic oxidation sites excluding steroid dienone is 1. The van der Waals surface area contributed by atoms with Gasteiger partial charge in [-0.2, -0.15) is 0 Å². The molecular weight excluding hydrogens is 150 g/mol. The van der Waals surface area contributed by atoms with Crippen molar-refractivity contribution in [2.75, 3.05) is 26.8 Å². The first-order valence-corrected chi connectivity index (χ1v) is 4.64. The second-order valence-electron chi connectivity index (χ2n) is 3.17. The zero-order valence-electron chi connectivity index (χ0n) is 8.31. The van der Waals surface area contributed by atoms with Crippen molar-refractivity contribution in [3.8, 4) is 0 Å². The van der Waals surface area contributed by atoms with Gasteiger partial charge in [0.1, 0.15) is 0 Å². The van der Waals surface area contributed by atoms with Crippen LogP contribution in [0.3, 0.4) is 0 Å². The maximum Gasteiger partial charge on any atom is 0.0503 e. The van der Waals surface area contributed by atoms with Gasteiger partial charge in [-0.3, -0.25) is 0 Å². The molecule has 0 rings (SSSR count). The summed E-state index contributed by atoms with van der Waals surface area (Å²) in [4.78, 5) is 0. The molecule has 0 amide bonds. The number of nitrogens with one attached hydrogen (secondary N) is 1. The normalized spacial score (nSPS) is 12.8. The van der Waals surface area contributed by atoms with E-state index in [4.69, 9.17) is 4.74 Å². The van der Waals surface area contributed by atoms with Gasteiger partial charge >= 0.3 is 0 Å². The van der Waals surface area contributed by atoms with E-state index in [-0.39, 0.29) is 0 Å². The van der Waals surface area contributed by atoms with Gasteiger partial charge in [0.15, 0.2) is 0 Å². The number of ether oxygens (including phenoxy) is 1. The van der Waals surface area contributed by atoms with Crippen molar-refractivity contribution in [3.05, 3.63) is 12.7 Å². The molecule has 0 heterocycles. The second kappa shape index (κ2) is 8.75. The molecule has 1 unspecified atom stereocenters. The summed E-state index contributed by atoms with van der Waals surface area (Å²) in [5, 5.41) is 3.12. The number of unbranched alkanes of at least 4 members (excludes halogenated alkanes) is 1. The Morgan fingerprint density at radius 3 is 2.92 bits per heavy atom. The van der Waals surface area contributed by atoms with E-state index in [9.17, 15) is 0 Å². The molecule has 0 bridgehead atoms. The fourth-order valence-electron chi connectivity index (χ4n) is 1.02. The van der Waals surface area contributed by atoms with Crippen LogP contribution in [-0.2, 0) is 4.74 Å². The van der Waals surface area contributed by atoms with E-state index >= 15 is 0 Å². The van der Waals surface area contributed by atoms with Gasteiger partial charge in [0.2, 0.25) is 0 Å². The molecule has 1 atom stereocenters. The van der Waals surface area contributed by atoms with Crippen molar-refractivity contribution in [1.29, 1.82) is 0 Å². The highest BCUT2D eigenvalue weighted by Crippen LogP contribution is 1.96. The Balaban J connectivity index is 3.02. The van der Waals surface area contributed by atoms with Crippen molar-refractivity contribution >= 4 is 0 Å². The van der Waals surface area contributed by atoms with Crippen LogP contribution in [0.2, 0.25) is 0 Å². The molecule has 0 aromatic heterocycles. The Bertz CT molecular complexity index is 104. The van der Waals surface area contributed by atoms with E-state index < -0.39 is 0 Å². The third-order valence-corrected chi connectivity index (χ3v) is 1.65. The molecule has 72 valence electrons. The van der Waals surface area contributed by atoms with Crippen LogP contribution in [-0.4, -0.2) is 26.8 Å². The lowest BCUT2D eigenvalue weighted by molar-refractivity contribution is 0.103. The van der Waals surface area contributed by atoms with Gasteiger partial charge < -0.3 is 10.1 Å². The van der Waals surface area contributed by atoms with E-state index in [1.807, 2.05) is 13.1 Å². The summed E-state index contributed by atoms with van der Waals surface area (Å²) in [7, 11) is 1.97. The SMILES string of the molecule is C=CCCCOCC(C)CNC. The van der Waals surface area contributed by atoms with E-state index in [2.05, 4.69) is 18.8 Å². The molecule has 0 fully saturated rings. The Kier molecular flexibility index (Phi) is 8.51. The van der Waals surface area contributed by atoms with Crippen LogP contribution in [0, 0.1) is 5.92 Å². The number of rotatable bonds is 8. The van der Waals surface area contributed by atoms with Crippen molar-refractivity contribution in [2.24, 2.45) is 5.92 Å². The Hall–Kier alpha value is -0.340. The van der Waals surface area contributed by atoms with E-state index in [0.29, 0.717) is 5.92 Å². The van der Waals surface area contributed by atoms with Gasteiger partial charge in [0.25, 0.3) is 0 Å². The fraction of sp³-hybridized carbons (Fsp3) is 0.800. The standard InChI is InChI=1S/C10H21NO/c1-4-5-6-7-12-9-10(2)8-11-3/h4,10-11H,1,5-9H2,2-3H3. The van der Waals surface area contributed by atoms with Gasteiger partial charge in [-0.15, -0.1) is 6.58 Å². The first-order valence-electron chi connectivity index (χ1n) is 4.64. The van der Waals surface area contributed by atoms with Crippen molar-refractivity contribution in [1.82, 2.24) is 5.32 Å². The average Bonchev–Trinajstić information content (AvgIpc) is 2.05. The smallest absolute Gasteiger partial charge is 0.0503 e. The summed E-state index contributed by atoms with van der Waals surface area (Å²) in [6.07, 6.45) is 4.08. The van der Waals surface area contributed by atoms with Gasteiger partial charge in [-0.1, -0.05) is 13.0 Å². The van der Waals surface area contributed by atoms with E-state index in [1.165, 1.54) is 0 Å². The third-order valence-electron chi connectivity index (χ3n) is 1.65. The maximum absolute atomic E-state index is 5.46. The van der Waals surface area contributed by atoms with Gasteiger partial charge in [-0.25, -0.2) is 0 Å². The zero-order valence-corrected chi connectivity index (χ0v) is 8.31. The van der Waals surface area contributed by atoms with Crippen LogP contribution in [0.1, 0.15) is 19.8 Å². The molecule has 12 heavy (non-hydrogen) atoms. The lowest BCUT2D eigenvalue weighted by Gasteiger charge is -2.10. The summed E-state index contributed by atoms with van der Waals surface area (Å²) in [5.41, 5.74) is 0. The minimum atomic E-state index is 0.610. The molecule has 0 saturated carbocycles. The molecule has 1 N–H and O–H groups in total. The van der Waals surface area contributed by atoms with E-state index in [0.717, 1.165) is 32.6 Å². The zero-order chi connectivity index (χ0) is 9.23. The molecule has 0 radical (unpaired) electrons. The Labute approximate surface area is 76.0 Å². The van der Waals surface area contributed by atoms with Crippen molar-refractivity contribution in [2.45, 2.75) is 19.8 Å². The number of hydrogen-bond acceptors (Lipinski definition) is 2. The van der Waals surface area contributed by atoms with Crippen molar-refractivity contribution in [3.63, 3.8) is 0 Å². The summed E-state index contributed by atoms with van der Waals surface area (Å²) in [5.74, 6) is 0.610. The lowest BCUT2D eigenvalue weighted by Crippen LogP contribution is -2.20. The van der Waals surface area contributed by atoms with E-state index in [1.54, 1.807) is 0 Å². The molecule has 2 nitrogen and oxygen atoms in total. The molecule has 2 heteroatoms. The second-order valence-corrected chi connectivity index (χ2v) is 3.17. The molecule has 0 aromatic rings. The molecule has 0 aliphatic carbocycles. The molecule has 0 saturated heterocycles. The molecule has 0 aliphatic rings. The molecule has 0 spiro atoms. The van der Waals surface area contributed by atoms with Crippen molar-refractivity contribution < 1.29 is 4.74 Å². The third kappa shape index (κ3) is 7.76. The lowest BCUT2D eigenvalue weighted by atomic mass is 10.2. The van der Waals surface area contributed by atoms with Gasteiger partial charge in [0.05, 0.1) is 6.61 Å². The highest BCUT2D eigenvalue weighted by molar-refractivity contribution is 4.65. The van der Waals surface area contributed by atoms with Crippen LogP contribution < -0.4 is 5.32 Å². The summed E-state index contributed by atoms with van der Waals surface area (Å²) < 4.78 is 5.46. The minimum Gasteiger partial charge on any atom is -0.381 e. The van der Waals surface area contributed by atoms with Gasteiger partial charge in [0, 0.05) is 6.61 Å². The van der Waals surface area contributed by atoms with Crippen LogP contribution >= 0.6 is 0 Å². The van der Waals surface area contributed by atoms with Crippen LogP contribution in [0.4, 0.5) is 0 Å².